The van der Waals surface area contributed by atoms with E-state index in [9.17, 15) is 43.2 Å². The minimum absolute atomic E-state index is 0. The zero-order chi connectivity index (χ0) is 57.3. The molecular weight excluding hydrogens is 1020 g/mol. The van der Waals surface area contributed by atoms with Gasteiger partial charge in [0.2, 0.25) is 17.7 Å². The average Bonchev–Trinajstić information content (AvgIpc) is 4.17. The minimum atomic E-state index is -0.708. The molecule has 4 aromatic rings. The van der Waals surface area contributed by atoms with E-state index in [0.717, 1.165) is 46.5 Å². The monoisotopic (exact) mass is 1090 g/mol. The molecule has 0 unspecified atom stereocenters. The predicted octanol–water partition coefficient (Wildman–Crippen LogP) is 4.35. The molecule has 6 aliphatic rings. The van der Waals surface area contributed by atoms with Crippen LogP contribution >= 0.6 is 0 Å². The number of ether oxygens (including phenoxy) is 2. The van der Waals surface area contributed by atoms with Crippen molar-refractivity contribution in [2.45, 2.75) is 33.9 Å². The summed E-state index contributed by atoms with van der Waals surface area (Å²) >= 11 is 0. The van der Waals surface area contributed by atoms with Gasteiger partial charge in [-0.15, -0.1) is 0 Å². The van der Waals surface area contributed by atoms with E-state index in [-0.39, 0.29) is 74.2 Å². The van der Waals surface area contributed by atoms with Crippen LogP contribution in [-0.4, -0.2) is 168 Å². The van der Waals surface area contributed by atoms with E-state index in [2.05, 4.69) is 41.8 Å². The van der Waals surface area contributed by atoms with Crippen molar-refractivity contribution in [1.29, 1.82) is 0 Å². The maximum Gasteiger partial charge on any atom is 0.271 e. The van der Waals surface area contributed by atoms with Gasteiger partial charge < -0.3 is 49.5 Å². The van der Waals surface area contributed by atoms with E-state index in [4.69, 9.17) is 9.47 Å². The third-order valence-corrected chi connectivity index (χ3v) is 15.0. The molecule has 2 fully saturated rings. The van der Waals surface area contributed by atoms with Gasteiger partial charge in [-0.2, -0.15) is 0 Å². The Morgan fingerprint density at radius 1 is 0.475 bits per heavy atom. The van der Waals surface area contributed by atoms with Crippen LogP contribution in [0.1, 0.15) is 55.5 Å². The normalized spacial score (nSPS) is 16.4. The molecule has 21 heteroatoms. The molecular formula is C59H66N10O11. The molecule has 4 aromatic carbocycles. The van der Waals surface area contributed by atoms with Crippen molar-refractivity contribution in [2.75, 3.05) is 95.5 Å². The lowest BCUT2D eigenvalue weighted by Gasteiger charge is -2.34. The maximum absolute atomic E-state index is 13.3. The number of fused-ring (bicyclic) bond motifs is 4. The number of benzene rings is 4. The lowest BCUT2D eigenvalue weighted by molar-refractivity contribution is -0.136. The van der Waals surface area contributed by atoms with Gasteiger partial charge in [-0.1, -0.05) is 62.7 Å². The molecule has 21 nitrogen and oxygen atoms in total. The summed E-state index contributed by atoms with van der Waals surface area (Å²) in [6.45, 7) is 25.7. The standard InChI is InChI=1S/C30H31N5O6.C29H31N5O5.2H2/c1-18(29(39)33-12-10-32(11-13-33)20(3)36)31-28(38)19(2)35-17-25-23(6-5-7-24(25)30(35)40)22-8-9-26-27(16-22)41-15-14-34(26)21(4)37;1-18(28(37)32-12-10-31(4)11-13-32)30-27(36)19(2)34-17-24-22(6-5-7-23(24)29(34)38)21-8-9-25-26(16-21)39-15-14-33(25)20(3)35;;/h5-9,16H,1-2,10-15,17H2,3-4H3,(H,31,38);5-9,16H,1-2,10-15,17H2,3-4H3,(H,30,36);2*1H. The van der Waals surface area contributed by atoms with Gasteiger partial charge in [0.1, 0.15) is 36.1 Å². The summed E-state index contributed by atoms with van der Waals surface area (Å²) < 4.78 is 11.6. The van der Waals surface area contributed by atoms with Crippen LogP contribution in [0.5, 0.6) is 11.5 Å². The fourth-order valence-electron chi connectivity index (χ4n) is 10.5. The number of carbonyl (C=O) groups excluding carboxylic acids is 9. The SMILES string of the molecule is C=C(NC(=O)C(=C)N1Cc2c(cccc2-c2ccc3c(c2)OCCN3C(C)=O)C1=O)C(=O)N1CCN(C(C)=O)CC1.C=C(NC(=O)C(=C)N1Cc2c(cccc2-c2ccc3c(c2)OCCN3C(C)=O)C1=O)C(=O)N1CCN(C)CC1.[HH].[HH]. The Bertz CT molecular complexity index is 3370. The van der Waals surface area contributed by atoms with Gasteiger partial charge in [-0.3, -0.25) is 53.0 Å². The second kappa shape index (κ2) is 22.9. The van der Waals surface area contributed by atoms with E-state index in [0.29, 0.717) is 99.6 Å². The van der Waals surface area contributed by atoms with Gasteiger partial charge in [-0.05, 0) is 76.8 Å². The van der Waals surface area contributed by atoms with E-state index >= 15 is 0 Å². The van der Waals surface area contributed by atoms with Crippen LogP contribution in [0.25, 0.3) is 22.3 Å². The Kier molecular flexibility index (Phi) is 15.9. The number of hydrogen-bond donors (Lipinski definition) is 2. The lowest BCUT2D eigenvalue weighted by atomic mass is 9.96. The Hall–Kier alpha value is -9.37. The molecule has 6 aliphatic heterocycles. The first-order chi connectivity index (χ1) is 38.2. The fraction of sp³-hybridized carbons (Fsp3) is 0.305. The van der Waals surface area contributed by atoms with Gasteiger partial charge in [0.15, 0.2) is 0 Å². The largest absolute Gasteiger partial charge is 0.490 e. The van der Waals surface area contributed by atoms with Crippen molar-refractivity contribution in [2.24, 2.45) is 0 Å². The van der Waals surface area contributed by atoms with Gasteiger partial charge >= 0.3 is 0 Å². The molecule has 0 aromatic heterocycles. The number of likely N-dealkylation sites (N-methyl/N-ethyl adjacent to an activating group) is 1. The highest BCUT2D eigenvalue weighted by Gasteiger charge is 2.37. The highest BCUT2D eigenvalue weighted by atomic mass is 16.5. The Balaban J connectivity index is 0.000000231. The second-order valence-electron chi connectivity index (χ2n) is 20.0. The van der Waals surface area contributed by atoms with Gasteiger partial charge in [0.05, 0.1) is 48.9 Å². The van der Waals surface area contributed by atoms with E-state index < -0.39 is 17.7 Å². The van der Waals surface area contributed by atoms with Gasteiger partial charge in [0.25, 0.3) is 35.4 Å². The minimum Gasteiger partial charge on any atom is -0.490 e. The molecule has 0 aliphatic carbocycles. The van der Waals surface area contributed by atoms with Crippen LogP contribution < -0.4 is 29.9 Å². The summed E-state index contributed by atoms with van der Waals surface area (Å²) in [4.78, 5) is 127. The first-order valence-electron chi connectivity index (χ1n) is 26.1. The van der Waals surface area contributed by atoms with Crippen LogP contribution in [0.15, 0.2) is 122 Å². The van der Waals surface area contributed by atoms with Gasteiger partial charge in [0, 0.05) is 87.1 Å². The summed E-state index contributed by atoms with van der Waals surface area (Å²) in [5.74, 6) is -1.89. The van der Waals surface area contributed by atoms with Crippen molar-refractivity contribution < 1.29 is 55.5 Å². The number of carbonyl (C=O) groups is 9. The highest BCUT2D eigenvalue weighted by Crippen LogP contribution is 2.41. The Morgan fingerprint density at radius 3 is 1.24 bits per heavy atom. The number of amides is 9. The number of piperazine rings is 2. The van der Waals surface area contributed by atoms with Crippen molar-refractivity contribution >= 4 is 64.5 Å². The molecule has 6 heterocycles. The molecule has 0 bridgehead atoms. The molecule has 0 saturated carbocycles. The molecule has 0 atom stereocenters. The number of nitrogens with zero attached hydrogens (tertiary/aromatic N) is 8. The third-order valence-electron chi connectivity index (χ3n) is 15.0. The summed E-state index contributed by atoms with van der Waals surface area (Å²) in [5, 5.41) is 5.01. The second-order valence-corrected chi connectivity index (χ2v) is 20.0. The quantitative estimate of drug-likeness (QED) is 0.212. The van der Waals surface area contributed by atoms with Crippen LogP contribution in [-0.2, 0) is 46.7 Å². The molecule has 2 N–H and O–H groups in total. The molecule has 2 saturated heterocycles. The summed E-state index contributed by atoms with van der Waals surface area (Å²) in [5.41, 5.74) is 6.67. The third kappa shape index (κ3) is 11.0. The highest BCUT2D eigenvalue weighted by molar-refractivity contribution is 6.10. The van der Waals surface area contributed by atoms with Gasteiger partial charge in [-0.25, -0.2) is 0 Å². The average molecular weight is 1090 g/mol. The topological polar surface area (TPSA) is 222 Å². The van der Waals surface area contributed by atoms with Crippen molar-refractivity contribution in [3.8, 4) is 33.8 Å². The Morgan fingerprint density at radius 2 is 0.850 bits per heavy atom. The predicted molar refractivity (Wildman–Crippen MR) is 301 cm³/mol. The molecule has 0 radical (unpaired) electrons. The molecule has 0 spiro atoms. The first-order valence-corrected chi connectivity index (χ1v) is 26.1. The molecule has 418 valence electrons. The van der Waals surface area contributed by atoms with E-state index in [1.807, 2.05) is 55.6 Å². The Labute approximate surface area is 465 Å². The van der Waals surface area contributed by atoms with Crippen molar-refractivity contribution in [3.05, 3.63) is 144 Å². The van der Waals surface area contributed by atoms with Crippen LogP contribution in [0, 0.1) is 0 Å². The zero-order valence-corrected chi connectivity index (χ0v) is 45.2. The maximum atomic E-state index is 13.3. The summed E-state index contributed by atoms with van der Waals surface area (Å²) in [6, 6.07) is 21.9. The smallest absolute Gasteiger partial charge is 0.271 e. The van der Waals surface area contributed by atoms with E-state index in [1.165, 1.54) is 35.5 Å². The molecule has 9 amide bonds. The van der Waals surface area contributed by atoms with Crippen LogP contribution in [0.3, 0.4) is 0 Å². The van der Waals surface area contributed by atoms with Crippen LogP contribution in [0.2, 0.25) is 0 Å². The molecule has 80 heavy (non-hydrogen) atoms. The number of rotatable bonds is 10. The number of hydrogen-bond acceptors (Lipinski definition) is 12. The first kappa shape index (κ1) is 55.4. The lowest BCUT2D eigenvalue weighted by Crippen LogP contribution is -2.51. The summed E-state index contributed by atoms with van der Waals surface area (Å²) in [7, 11) is 1.99. The van der Waals surface area contributed by atoms with Crippen molar-refractivity contribution in [3.63, 3.8) is 0 Å². The number of nitrogens with one attached hydrogen (secondary N) is 2. The fourth-order valence-corrected chi connectivity index (χ4v) is 10.5. The van der Waals surface area contributed by atoms with E-state index in [1.54, 1.807) is 43.9 Å². The van der Waals surface area contributed by atoms with Crippen molar-refractivity contribution in [1.82, 2.24) is 40.0 Å². The van der Waals surface area contributed by atoms with Crippen LogP contribution in [0.4, 0.5) is 11.4 Å². The molecule has 10 rings (SSSR count). The zero-order valence-electron chi connectivity index (χ0n) is 45.2. The number of anilines is 2. The summed E-state index contributed by atoms with van der Waals surface area (Å²) in [6.07, 6.45) is 0.